The van der Waals surface area contributed by atoms with Crippen molar-refractivity contribution in [1.82, 2.24) is 5.32 Å². The molecule has 1 fully saturated rings. The lowest BCUT2D eigenvalue weighted by atomic mass is 10.00. The first-order chi connectivity index (χ1) is 6.20. The first-order valence-electron chi connectivity index (χ1n) is 5.19. The minimum atomic E-state index is -0.264. The minimum Gasteiger partial charge on any atom is -0.392 e. The van der Waals surface area contributed by atoms with Crippen LogP contribution in [0, 0.1) is 5.92 Å². The van der Waals surface area contributed by atoms with Crippen molar-refractivity contribution < 1.29 is 9.84 Å². The van der Waals surface area contributed by atoms with Crippen molar-refractivity contribution in [1.29, 1.82) is 0 Å². The average molecular weight is 187 g/mol. The Morgan fingerprint density at radius 3 is 2.54 bits per heavy atom. The Bertz CT molecular complexity index is 133. The van der Waals surface area contributed by atoms with Crippen LogP contribution in [-0.2, 0) is 4.74 Å². The van der Waals surface area contributed by atoms with E-state index in [1.807, 2.05) is 13.8 Å². The number of aliphatic hydroxyl groups is 1. The van der Waals surface area contributed by atoms with Crippen LogP contribution in [-0.4, -0.2) is 37.0 Å². The minimum absolute atomic E-state index is 0.197. The van der Waals surface area contributed by atoms with Crippen LogP contribution in [0.5, 0.6) is 0 Å². The molecule has 78 valence electrons. The third kappa shape index (κ3) is 4.07. The topological polar surface area (TPSA) is 41.5 Å². The maximum absolute atomic E-state index is 9.26. The lowest BCUT2D eigenvalue weighted by Crippen LogP contribution is -2.39. The fourth-order valence-corrected chi connectivity index (χ4v) is 1.47. The van der Waals surface area contributed by atoms with E-state index in [0.29, 0.717) is 0 Å². The SMILES string of the molecule is CC(O)C(C)NCC1CCOCC1. The van der Waals surface area contributed by atoms with Crippen molar-refractivity contribution in [2.45, 2.75) is 38.8 Å². The van der Waals surface area contributed by atoms with Crippen molar-refractivity contribution in [3.8, 4) is 0 Å². The van der Waals surface area contributed by atoms with Crippen molar-refractivity contribution in [2.24, 2.45) is 5.92 Å². The molecule has 1 aliphatic rings. The van der Waals surface area contributed by atoms with Crippen molar-refractivity contribution in [3.63, 3.8) is 0 Å². The fraction of sp³-hybridized carbons (Fsp3) is 1.00. The smallest absolute Gasteiger partial charge is 0.0662 e. The fourth-order valence-electron chi connectivity index (χ4n) is 1.47. The quantitative estimate of drug-likeness (QED) is 0.683. The van der Waals surface area contributed by atoms with E-state index in [-0.39, 0.29) is 12.1 Å². The van der Waals surface area contributed by atoms with E-state index < -0.39 is 0 Å². The van der Waals surface area contributed by atoms with E-state index in [1.54, 1.807) is 0 Å². The summed E-state index contributed by atoms with van der Waals surface area (Å²) in [5.74, 6) is 0.731. The van der Waals surface area contributed by atoms with Gasteiger partial charge in [-0.2, -0.15) is 0 Å². The van der Waals surface area contributed by atoms with E-state index in [0.717, 1.165) is 38.5 Å². The molecule has 0 amide bonds. The molecule has 0 spiro atoms. The van der Waals surface area contributed by atoms with Gasteiger partial charge in [-0.25, -0.2) is 0 Å². The van der Waals surface area contributed by atoms with Gasteiger partial charge in [-0.1, -0.05) is 0 Å². The van der Waals surface area contributed by atoms with Crippen LogP contribution in [0.1, 0.15) is 26.7 Å². The van der Waals surface area contributed by atoms with Crippen LogP contribution in [0.15, 0.2) is 0 Å². The molecule has 1 heterocycles. The third-order valence-electron chi connectivity index (χ3n) is 2.79. The molecule has 3 heteroatoms. The Hall–Kier alpha value is -0.120. The van der Waals surface area contributed by atoms with Gasteiger partial charge in [-0.15, -0.1) is 0 Å². The van der Waals surface area contributed by atoms with Crippen molar-refractivity contribution in [2.75, 3.05) is 19.8 Å². The summed E-state index contributed by atoms with van der Waals surface area (Å²) in [5.41, 5.74) is 0. The van der Waals surface area contributed by atoms with E-state index >= 15 is 0 Å². The predicted molar refractivity (Wildman–Crippen MR) is 52.7 cm³/mol. The van der Waals surface area contributed by atoms with E-state index in [9.17, 15) is 5.11 Å². The number of nitrogens with one attached hydrogen (secondary N) is 1. The van der Waals surface area contributed by atoms with Gasteiger partial charge in [0.05, 0.1) is 6.10 Å². The van der Waals surface area contributed by atoms with Crippen molar-refractivity contribution in [3.05, 3.63) is 0 Å². The molecule has 2 atom stereocenters. The molecule has 0 saturated carbocycles. The Morgan fingerprint density at radius 2 is 2.00 bits per heavy atom. The summed E-state index contributed by atoms with van der Waals surface area (Å²) in [7, 11) is 0. The Labute approximate surface area is 80.5 Å². The number of rotatable bonds is 4. The second-order valence-electron chi connectivity index (χ2n) is 3.99. The van der Waals surface area contributed by atoms with Gasteiger partial charge >= 0.3 is 0 Å². The second kappa shape index (κ2) is 5.58. The molecule has 0 aromatic rings. The van der Waals surface area contributed by atoms with Crippen LogP contribution >= 0.6 is 0 Å². The lowest BCUT2D eigenvalue weighted by Gasteiger charge is -2.25. The molecule has 1 rings (SSSR count). The zero-order valence-corrected chi connectivity index (χ0v) is 8.62. The van der Waals surface area contributed by atoms with E-state index in [4.69, 9.17) is 4.74 Å². The van der Waals surface area contributed by atoms with Gasteiger partial charge in [0.15, 0.2) is 0 Å². The standard InChI is InChI=1S/C10H21NO2/c1-8(9(2)12)11-7-10-3-5-13-6-4-10/h8-12H,3-7H2,1-2H3. The summed E-state index contributed by atoms with van der Waals surface area (Å²) < 4.78 is 5.28. The average Bonchev–Trinajstić information content (AvgIpc) is 2.15. The zero-order valence-electron chi connectivity index (χ0n) is 8.62. The zero-order chi connectivity index (χ0) is 9.68. The van der Waals surface area contributed by atoms with E-state index in [1.165, 1.54) is 0 Å². The molecule has 1 saturated heterocycles. The van der Waals surface area contributed by atoms with Crippen LogP contribution in [0.4, 0.5) is 0 Å². The second-order valence-corrected chi connectivity index (χ2v) is 3.99. The molecule has 0 aliphatic carbocycles. The third-order valence-corrected chi connectivity index (χ3v) is 2.79. The van der Waals surface area contributed by atoms with Gasteiger partial charge in [0.2, 0.25) is 0 Å². The Balaban J connectivity index is 2.10. The molecule has 3 nitrogen and oxygen atoms in total. The van der Waals surface area contributed by atoms with Crippen LogP contribution < -0.4 is 5.32 Å². The molecular weight excluding hydrogens is 166 g/mol. The molecule has 2 N–H and O–H groups in total. The van der Waals surface area contributed by atoms with Crippen molar-refractivity contribution >= 4 is 0 Å². The summed E-state index contributed by atoms with van der Waals surface area (Å²) in [6, 6.07) is 0.197. The summed E-state index contributed by atoms with van der Waals surface area (Å²) in [4.78, 5) is 0. The highest BCUT2D eigenvalue weighted by Gasteiger charge is 2.15. The molecule has 0 aromatic carbocycles. The normalized spacial score (nSPS) is 24.2. The highest BCUT2D eigenvalue weighted by atomic mass is 16.5. The van der Waals surface area contributed by atoms with Crippen LogP contribution in [0.25, 0.3) is 0 Å². The largest absolute Gasteiger partial charge is 0.392 e. The maximum atomic E-state index is 9.26. The van der Waals surface area contributed by atoms with Gasteiger partial charge in [0.25, 0.3) is 0 Å². The van der Waals surface area contributed by atoms with Crippen LogP contribution in [0.2, 0.25) is 0 Å². The molecule has 0 aromatic heterocycles. The van der Waals surface area contributed by atoms with Gasteiger partial charge < -0.3 is 15.2 Å². The molecule has 2 unspecified atom stereocenters. The number of ether oxygens (including phenoxy) is 1. The van der Waals surface area contributed by atoms with Gasteiger partial charge in [-0.3, -0.25) is 0 Å². The summed E-state index contributed by atoms with van der Waals surface area (Å²) in [6.45, 7) is 6.64. The summed E-state index contributed by atoms with van der Waals surface area (Å²) in [6.07, 6.45) is 2.04. The van der Waals surface area contributed by atoms with Gasteiger partial charge in [0, 0.05) is 19.3 Å². The Kier molecular flexibility index (Phi) is 4.70. The number of hydrogen-bond donors (Lipinski definition) is 2. The molecule has 1 aliphatic heterocycles. The first-order valence-corrected chi connectivity index (χ1v) is 5.19. The van der Waals surface area contributed by atoms with Crippen LogP contribution in [0.3, 0.4) is 0 Å². The highest BCUT2D eigenvalue weighted by molar-refractivity contribution is 4.71. The first kappa shape index (κ1) is 11.0. The monoisotopic (exact) mass is 187 g/mol. The van der Waals surface area contributed by atoms with Gasteiger partial charge in [0.1, 0.15) is 0 Å². The Morgan fingerprint density at radius 1 is 1.38 bits per heavy atom. The highest BCUT2D eigenvalue weighted by Crippen LogP contribution is 2.13. The number of aliphatic hydroxyl groups excluding tert-OH is 1. The molecule has 13 heavy (non-hydrogen) atoms. The summed E-state index contributed by atoms with van der Waals surface area (Å²) in [5, 5.41) is 12.6. The molecule has 0 radical (unpaired) electrons. The van der Waals surface area contributed by atoms with Gasteiger partial charge in [-0.05, 0) is 39.2 Å². The molecular formula is C10H21NO2. The molecule has 0 bridgehead atoms. The van der Waals surface area contributed by atoms with E-state index in [2.05, 4.69) is 5.32 Å². The lowest BCUT2D eigenvalue weighted by molar-refractivity contribution is 0.0629. The maximum Gasteiger partial charge on any atom is 0.0662 e. The summed E-state index contributed by atoms with van der Waals surface area (Å²) >= 11 is 0. The predicted octanol–water partition coefficient (Wildman–Crippen LogP) is 0.772. The number of hydrogen-bond acceptors (Lipinski definition) is 3.